The van der Waals surface area contributed by atoms with Crippen molar-refractivity contribution in [1.82, 2.24) is 4.31 Å². The van der Waals surface area contributed by atoms with Gasteiger partial charge in [0, 0.05) is 24.0 Å². The molecule has 2 aromatic rings. The van der Waals surface area contributed by atoms with Crippen LogP contribution in [0.3, 0.4) is 0 Å². The predicted octanol–water partition coefficient (Wildman–Crippen LogP) is 4.79. The molecule has 3 atom stereocenters. The minimum atomic E-state index is -4.31. The van der Waals surface area contributed by atoms with E-state index in [2.05, 4.69) is 0 Å². The Kier molecular flexibility index (Phi) is 6.36. The number of fused-ring (bicyclic) bond motifs is 3. The molecule has 6 nitrogen and oxygen atoms in total. The Morgan fingerprint density at radius 2 is 1.77 bits per heavy atom. The topological polar surface area (TPSA) is 80.8 Å². The van der Waals surface area contributed by atoms with Crippen LogP contribution in [0.15, 0.2) is 35.2 Å². The molecule has 0 spiro atoms. The fourth-order valence-corrected chi connectivity index (χ4v) is 10.2. The molecule has 1 saturated heterocycles. The molecule has 12 heteroatoms. The summed E-state index contributed by atoms with van der Waals surface area (Å²) in [5.41, 5.74) is -0.419. The largest absolute Gasteiger partial charge is 0.490 e. The smallest absolute Gasteiger partial charge is 0.214 e. The number of sulfonamides is 1. The molecule has 2 fully saturated rings. The summed E-state index contributed by atoms with van der Waals surface area (Å²) in [6, 6.07) is 6.26. The van der Waals surface area contributed by atoms with Gasteiger partial charge in [-0.2, -0.15) is 0 Å². The maximum absolute atomic E-state index is 15.6. The van der Waals surface area contributed by atoms with E-state index in [1.807, 2.05) is 0 Å². The van der Waals surface area contributed by atoms with Crippen molar-refractivity contribution in [2.75, 3.05) is 25.4 Å². The van der Waals surface area contributed by atoms with E-state index < -0.39 is 58.5 Å². The van der Waals surface area contributed by atoms with Crippen molar-refractivity contribution in [3.8, 4) is 5.75 Å². The summed E-state index contributed by atoms with van der Waals surface area (Å²) < 4.78 is 89.4. The number of hydrogen-bond donors (Lipinski definition) is 0. The summed E-state index contributed by atoms with van der Waals surface area (Å²) in [5, 5.41) is -0.218. The van der Waals surface area contributed by atoms with Crippen LogP contribution in [-0.2, 0) is 24.6 Å². The van der Waals surface area contributed by atoms with Gasteiger partial charge in [-0.05, 0) is 61.9 Å². The van der Waals surface area contributed by atoms with E-state index >= 15 is 4.39 Å². The fraction of sp³-hybridized carbons (Fsp3) is 0.478. The fourth-order valence-electron chi connectivity index (χ4n) is 5.58. The molecule has 0 amide bonds. The van der Waals surface area contributed by atoms with Gasteiger partial charge in [0.05, 0.1) is 27.8 Å². The van der Waals surface area contributed by atoms with E-state index in [1.165, 1.54) is 28.6 Å². The summed E-state index contributed by atoms with van der Waals surface area (Å²) in [6.45, 7) is 0.762. The highest BCUT2D eigenvalue weighted by Gasteiger charge is 2.60. The zero-order valence-corrected chi connectivity index (χ0v) is 21.7. The molecule has 0 N–H and O–H groups in total. The standard InChI is InChI=1S/C23H23Cl2F2NO5S2/c24-16-2-4-17(5-3-16)35(31,32)23-7-6-14(13-34(29,30)28-8-1-9-28)10-15(23)12-33-22-19(26)11-18(25)21(27)20(22)23/h2-5,11,14-15H,1,6-10,12-13H2/t14-,15-,23+/m1/s1. The summed E-state index contributed by atoms with van der Waals surface area (Å²) in [4.78, 5) is -0.0915. The molecule has 35 heavy (non-hydrogen) atoms. The Morgan fingerprint density at radius 1 is 1.09 bits per heavy atom. The normalized spacial score (nSPS) is 26.9. The van der Waals surface area contributed by atoms with Gasteiger partial charge in [0.15, 0.2) is 27.2 Å². The van der Waals surface area contributed by atoms with Crippen molar-refractivity contribution >= 4 is 43.1 Å². The molecular weight excluding hydrogens is 543 g/mol. The molecule has 5 rings (SSSR count). The van der Waals surface area contributed by atoms with Gasteiger partial charge in [0.2, 0.25) is 10.0 Å². The first-order valence-corrected chi connectivity index (χ1v) is 15.1. The molecule has 1 saturated carbocycles. The molecule has 2 aliphatic heterocycles. The molecule has 3 aliphatic rings. The lowest BCUT2D eigenvalue weighted by Crippen LogP contribution is -2.53. The second kappa shape index (κ2) is 8.83. The number of benzene rings is 2. The van der Waals surface area contributed by atoms with E-state index in [0.29, 0.717) is 18.1 Å². The summed E-state index contributed by atoms with van der Waals surface area (Å²) >= 11 is 11.9. The van der Waals surface area contributed by atoms with Gasteiger partial charge in [0.1, 0.15) is 4.75 Å². The Bertz CT molecular complexity index is 1380. The van der Waals surface area contributed by atoms with Gasteiger partial charge >= 0.3 is 0 Å². The summed E-state index contributed by atoms with van der Waals surface area (Å²) in [5.74, 6) is -3.74. The maximum Gasteiger partial charge on any atom is 0.214 e. The predicted molar refractivity (Wildman–Crippen MR) is 128 cm³/mol. The molecule has 0 bridgehead atoms. The molecule has 0 radical (unpaired) electrons. The van der Waals surface area contributed by atoms with Crippen LogP contribution in [0.5, 0.6) is 5.75 Å². The Hall–Kier alpha value is -1.46. The third-order valence-electron chi connectivity index (χ3n) is 7.44. The Labute approximate surface area is 213 Å². The third kappa shape index (κ3) is 3.96. The van der Waals surface area contributed by atoms with Crippen LogP contribution in [0.2, 0.25) is 10.0 Å². The number of rotatable bonds is 5. The van der Waals surface area contributed by atoms with Crippen molar-refractivity contribution in [2.45, 2.75) is 35.3 Å². The second-order valence-electron chi connectivity index (χ2n) is 9.38. The lowest BCUT2D eigenvalue weighted by molar-refractivity contribution is 0.103. The van der Waals surface area contributed by atoms with E-state index in [9.17, 15) is 21.2 Å². The van der Waals surface area contributed by atoms with Crippen LogP contribution in [0, 0.1) is 23.5 Å². The van der Waals surface area contributed by atoms with Gasteiger partial charge in [-0.15, -0.1) is 0 Å². The number of ether oxygens (including phenoxy) is 1. The van der Waals surface area contributed by atoms with Crippen LogP contribution in [-0.4, -0.2) is 46.6 Å². The van der Waals surface area contributed by atoms with Gasteiger partial charge in [0.25, 0.3) is 0 Å². The average molecular weight is 566 g/mol. The van der Waals surface area contributed by atoms with Crippen LogP contribution >= 0.6 is 23.2 Å². The Morgan fingerprint density at radius 3 is 2.40 bits per heavy atom. The maximum atomic E-state index is 15.6. The monoisotopic (exact) mass is 565 g/mol. The molecule has 1 aliphatic carbocycles. The molecule has 190 valence electrons. The minimum absolute atomic E-state index is 0.0915. The highest BCUT2D eigenvalue weighted by atomic mass is 35.5. The quantitative estimate of drug-likeness (QED) is 0.487. The second-order valence-corrected chi connectivity index (χ2v) is 14.4. The first-order chi connectivity index (χ1) is 16.5. The van der Waals surface area contributed by atoms with Crippen LogP contribution in [0.25, 0.3) is 0 Å². The number of sulfone groups is 1. The SMILES string of the molecule is O=S(=O)(C[C@@H]1CC[C@@]2(S(=O)(=O)c3ccc(Cl)cc3)c3c(F)c(Cl)cc(F)c3OC[C@H]2C1)N1CCC1. The highest BCUT2D eigenvalue weighted by Crippen LogP contribution is 2.58. The van der Waals surface area contributed by atoms with Crippen molar-refractivity contribution in [3.05, 3.63) is 57.6 Å². The highest BCUT2D eigenvalue weighted by molar-refractivity contribution is 7.92. The van der Waals surface area contributed by atoms with Crippen molar-refractivity contribution < 1.29 is 30.4 Å². The number of nitrogens with zero attached hydrogens (tertiary/aromatic N) is 1. The molecule has 0 aromatic heterocycles. The molecular formula is C23H23Cl2F2NO5S2. The van der Waals surface area contributed by atoms with E-state index in [1.54, 1.807) is 0 Å². The lowest BCUT2D eigenvalue weighted by Gasteiger charge is -2.49. The Balaban J connectivity index is 1.63. The molecule has 0 unspecified atom stereocenters. The minimum Gasteiger partial charge on any atom is -0.490 e. The van der Waals surface area contributed by atoms with Crippen LogP contribution in [0.1, 0.15) is 31.2 Å². The van der Waals surface area contributed by atoms with Gasteiger partial charge in [-0.1, -0.05) is 23.2 Å². The van der Waals surface area contributed by atoms with Crippen molar-refractivity contribution in [3.63, 3.8) is 0 Å². The molecule has 2 aromatic carbocycles. The first-order valence-electron chi connectivity index (χ1n) is 11.3. The van der Waals surface area contributed by atoms with Gasteiger partial charge in [-0.3, -0.25) is 0 Å². The zero-order valence-electron chi connectivity index (χ0n) is 18.5. The van der Waals surface area contributed by atoms with Gasteiger partial charge < -0.3 is 4.74 Å². The van der Waals surface area contributed by atoms with Crippen LogP contribution < -0.4 is 4.74 Å². The van der Waals surface area contributed by atoms with E-state index in [4.69, 9.17) is 27.9 Å². The summed E-state index contributed by atoms with van der Waals surface area (Å²) in [6.07, 6.45) is 1.07. The van der Waals surface area contributed by atoms with Gasteiger partial charge in [-0.25, -0.2) is 29.9 Å². The summed E-state index contributed by atoms with van der Waals surface area (Å²) in [7, 11) is -7.79. The zero-order chi connectivity index (χ0) is 25.2. The van der Waals surface area contributed by atoms with E-state index in [-0.39, 0.29) is 42.4 Å². The third-order valence-corrected chi connectivity index (χ3v) is 12.6. The number of hydrogen-bond acceptors (Lipinski definition) is 5. The number of halogens is 4. The van der Waals surface area contributed by atoms with Crippen molar-refractivity contribution in [1.29, 1.82) is 0 Å². The van der Waals surface area contributed by atoms with Crippen molar-refractivity contribution in [2.24, 2.45) is 11.8 Å². The first kappa shape index (κ1) is 25.2. The molecule has 2 heterocycles. The average Bonchev–Trinajstić information content (AvgIpc) is 2.75. The van der Waals surface area contributed by atoms with E-state index in [0.717, 1.165) is 12.5 Å². The van der Waals surface area contributed by atoms with Crippen LogP contribution in [0.4, 0.5) is 8.78 Å². The lowest BCUT2D eigenvalue weighted by atomic mass is 9.69.